The van der Waals surface area contributed by atoms with Gasteiger partial charge in [0.15, 0.2) is 0 Å². The minimum absolute atomic E-state index is 0.307. The molecule has 0 atom stereocenters. The Morgan fingerprint density at radius 3 is 3.00 bits per heavy atom. The van der Waals surface area contributed by atoms with Gasteiger partial charge in [0.2, 0.25) is 11.7 Å². The van der Waals surface area contributed by atoms with Crippen molar-refractivity contribution in [2.75, 3.05) is 6.54 Å². The quantitative estimate of drug-likeness (QED) is 0.881. The zero-order valence-electron chi connectivity index (χ0n) is 9.61. The van der Waals surface area contributed by atoms with E-state index in [1.54, 1.807) is 6.07 Å². The summed E-state index contributed by atoms with van der Waals surface area (Å²) in [4.78, 5) is 4.22. The molecule has 5 heteroatoms. The molecule has 2 N–H and O–H groups in total. The normalized spacial score (nSPS) is 10.8. The molecule has 0 fully saturated rings. The van der Waals surface area contributed by atoms with Crippen molar-refractivity contribution >= 4 is 0 Å². The molecule has 0 unspecified atom stereocenters. The number of rotatable bonds is 4. The van der Waals surface area contributed by atoms with Gasteiger partial charge in [0, 0.05) is 12.0 Å². The SMILES string of the molecule is Cc1ccc(F)cc1-c1noc(CCCN)n1. The first-order valence-electron chi connectivity index (χ1n) is 5.50. The van der Waals surface area contributed by atoms with Gasteiger partial charge in [0.05, 0.1) is 0 Å². The van der Waals surface area contributed by atoms with Crippen molar-refractivity contribution < 1.29 is 8.91 Å². The van der Waals surface area contributed by atoms with Crippen LogP contribution >= 0.6 is 0 Å². The Kier molecular flexibility index (Phi) is 3.49. The molecule has 0 bridgehead atoms. The molecule has 2 rings (SSSR count). The highest BCUT2D eigenvalue weighted by Gasteiger charge is 2.11. The zero-order chi connectivity index (χ0) is 12.3. The third kappa shape index (κ3) is 2.68. The van der Waals surface area contributed by atoms with E-state index < -0.39 is 0 Å². The maximum atomic E-state index is 13.1. The number of nitrogens with zero attached hydrogens (tertiary/aromatic N) is 2. The van der Waals surface area contributed by atoms with Gasteiger partial charge < -0.3 is 10.3 Å². The minimum Gasteiger partial charge on any atom is -0.339 e. The molecule has 0 saturated heterocycles. The first kappa shape index (κ1) is 11.7. The van der Waals surface area contributed by atoms with Crippen LogP contribution in [0.2, 0.25) is 0 Å². The lowest BCUT2D eigenvalue weighted by atomic mass is 10.1. The lowest BCUT2D eigenvalue weighted by molar-refractivity contribution is 0.376. The Balaban J connectivity index is 2.27. The molecule has 2 aromatic rings. The number of hydrogen-bond donors (Lipinski definition) is 1. The summed E-state index contributed by atoms with van der Waals surface area (Å²) in [6.07, 6.45) is 1.45. The van der Waals surface area contributed by atoms with E-state index in [9.17, 15) is 4.39 Å². The number of benzene rings is 1. The third-order valence-corrected chi connectivity index (χ3v) is 2.50. The predicted octanol–water partition coefficient (Wildman–Crippen LogP) is 2.08. The van der Waals surface area contributed by atoms with Gasteiger partial charge in [-0.25, -0.2) is 4.39 Å². The number of aryl methyl sites for hydroxylation is 2. The molecule has 0 aliphatic rings. The van der Waals surface area contributed by atoms with E-state index in [2.05, 4.69) is 10.1 Å². The first-order chi connectivity index (χ1) is 8.20. The minimum atomic E-state index is -0.307. The summed E-state index contributed by atoms with van der Waals surface area (Å²) in [5, 5.41) is 3.85. The van der Waals surface area contributed by atoms with Crippen LogP contribution in [0.4, 0.5) is 4.39 Å². The van der Waals surface area contributed by atoms with Gasteiger partial charge in [0.25, 0.3) is 0 Å². The van der Waals surface area contributed by atoms with Crippen molar-refractivity contribution in [3.8, 4) is 11.4 Å². The van der Waals surface area contributed by atoms with Crippen LogP contribution in [-0.2, 0) is 6.42 Å². The highest BCUT2D eigenvalue weighted by molar-refractivity contribution is 5.59. The van der Waals surface area contributed by atoms with Crippen molar-refractivity contribution in [2.45, 2.75) is 19.8 Å². The Morgan fingerprint density at radius 1 is 1.41 bits per heavy atom. The van der Waals surface area contributed by atoms with Crippen molar-refractivity contribution in [3.63, 3.8) is 0 Å². The van der Waals surface area contributed by atoms with E-state index in [4.69, 9.17) is 10.3 Å². The van der Waals surface area contributed by atoms with Gasteiger partial charge in [-0.1, -0.05) is 11.2 Å². The summed E-state index contributed by atoms with van der Waals surface area (Å²) >= 11 is 0. The molecule has 0 saturated carbocycles. The average Bonchev–Trinajstić information content (AvgIpc) is 2.78. The summed E-state index contributed by atoms with van der Waals surface area (Å²) in [7, 11) is 0. The maximum Gasteiger partial charge on any atom is 0.227 e. The van der Waals surface area contributed by atoms with Gasteiger partial charge >= 0.3 is 0 Å². The average molecular weight is 235 g/mol. The fourth-order valence-electron chi connectivity index (χ4n) is 1.55. The summed E-state index contributed by atoms with van der Waals surface area (Å²) in [6, 6.07) is 4.52. The molecular formula is C12H14FN3O. The predicted molar refractivity (Wildman–Crippen MR) is 61.8 cm³/mol. The third-order valence-electron chi connectivity index (χ3n) is 2.50. The van der Waals surface area contributed by atoms with Gasteiger partial charge in [0.1, 0.15) is 5.82 Å². The molecule has 1 aromatic heterocycles. The van der Waals surface area contributed by atoms with Crippen molar-refractivity contribution in [2.24, 2.45) is 5.73 Å². The van der Waals surface area contributed by atoms with Gasteiger partial charge in [-0.05, 0) is 37.6 Å². The lowest BCUT2D eigenvalue weighted by Gasteiger charge is -1.99. The highest BCUT2D eigenvalue weighted by Crippen LogP contribution is 2.21. The van der Waals surface area contributed by atoms with Crippen LogP contribution in [0.25, 0.3) is 11.4 Å². The molecular weight excluding hydrogens is 221 g/mol. The van der Waals surface area contributed by atoms with E-state index in [1.807, 2.05) is 6.92 Å². The second kappa shape index (κ2) is 5.05. The van der Waals surface area contributed by atoms with Crippen LogP contribution in [0.1, 0.15) is 17.9 Å². The standard InChI is InChI=1S/C12H14FN3O/c1-8-4-5-9(13)7-10(8)12-15-11(17-16-12)3-2-6-14/h4-5,7H,2-3,6,14H2,1H3. The molecule has 0 spiro atoms. The fourth-order valence-corrected chi connectivity index (χ4v) is 1.55. The van der Waals surface area contributed by atoms with Crippen LogP contribution in [0.15, 0.2) is 22.7 Å². The van der Waals surface area contributed by atoms with Crippen LogP contribution in [0, 0.1) is 12.7 Å². The largest absolute Gasteiger partial charge is 0.339 e. The number of aromatic nitrogens is 2. The van der Waals surface area contributed by atoms with Crippen molar-refractivity contribution in [3.05, 3.63) is 35.5 Å². The molecule has 1 heterocycles. The molecule has 0 aliphatic carbocycles. The van der Waals surface area contributed by atoms with Gasteiger partial charge in [-0.15, -0.1) is 0 Å². The highest BCUT2D eigenvalue weighted by atomic mass is 19.1. The second-order valence-electron chi connectivity index (χ2n) is 3.86. The number of hydrogen-bond acceptors (Lipinski definition) is 4. The second-order valence-corrected chi connectivity index (χ2v) is 3.86. The Morgan fingerprint density at radius 2 is 2.24 bits per heavy atom. The molecule has 90 valence electrons. The van der Waals surface area contributed by atoms with Crippen molar-refractivity contribution in [1.82, 2.24) is 10.1 Å². The maximum absolute atomic E-state index is 13.1. The smallest absolute Gasteiger partial charge is 0.227 e. The lowest BCUT2D eigenvalue weighted by Crippen LogP contribution is -2.00. The molecule has 0 radical (unpaired) electrons. The molecule has 0 aliphatic heterocycles. The molecule has 0 amide bonds. The van der Waals surface area contributed by atoms with E-state index in [-0.39, 0.29) is 5.82 Å². The van der Waals surface area contributed by atoms with Crippen LogP contribution in [-0.4, -0.2) is 16.7 Å². The molecule has 4 nitrogen and oxygen atoms in total. The van der Waals surface area contributed by atoms with Crippen LogP contribution < -0.4 is 5.73 Å². The topological polar surface area (TPSA) is 64.9 Å². The van der Waals surface area contributed by atoms with Gasteiger partial charge in [-0.2, -0.15) is 4.98 Å². The first-order valence-corrected chi connectivity index (χ1v) is 5.50. The van der Waals surface area contributed by atoms with E-state index >= 15 is 0 Å². The van der Waals surface area contributed by atoms with E-state index in [1.165, 1.54) is 12.1 Å². The van der Waals surface area contributed by atoms with E-state index in [0.29, 0.717) is 30.2 Å². The van der Waals surface area contributed by atoms with E-state index in [0.717, 1.165) is 12.0 Å². The fraction of sp³-hybridized carbons (Fsp3) is 0.333. The summed E-state index contributed by atoms with van der Waals surface area (Å²) in [5.74, 6) is 0.655. The zero-order valence-corrected chi connectivity index (χ0v) is 9.61. The molecule has 1 aromatic carbocycles. The Hall–Kier alpha value is -1.75. The number of halogens is 1. The van der Waals surface area contributed by atoms with Crippen molar-refractivity contribution in [1.29, 1.82) is 0 Å². The van der Waals surface area contributed by atoms with Crippen LogP contribution in [0.5, 0.6) is 0 Å². The summed E-state index contributed by atoms with van der Waals surface area (Å²) in [5.41, 5.74) is 6.97. The Bertz CT molecular complexity index is 510. The summed E-state index contributed by atoms with van der Waals surface area (Å²) < 4.78 is 18.2. The van der Waals surface area contributed by atoms with Crippen LogP contribution in [0.3, 0.4) is 0 Å². The monoisotopic (exact) mass is 235 g/mol. The number of nitrogens with two attached hydrogens (primary N) is 1. The van der Waals surface area contributed by atoms with Gasteiger partial charge in [-0.3, -0.25) is 0 Å². The molecule has 17 heavy (non-hydrogen) atoms. The summed E-state index contributed by atoms with van der Waals surface area (Å²) in [6.45, 7) is 2.46. The Labute approximate surface area is 98.6 Å².